The van der Waals surface area contributed by atoms with Crippen molar-refractivity contribution < 1.29 is 9.47 Å². The summed E-state index contributed by atoms with van der Waals surface area (Å²) < 4.78 is 12.3. The molecule has 2 aromatic heterocycles. The van der Waals surface area contributed by atoms with Gasteiger partial charge in [-0.15, -0.1) is 5.10 Å². The summed E-state index contributed by atoms with van der Waals surface area (Å²) in [5, 5.41) is 8.33. The van der Waals surface area contributed by atoms with Crippen LogP contribution in [-0.2, 0) is 6.54 Å². The van der Waals surface area contributed by atoms with Crippen molar-refractivity contribution in [3.8, 4) is 22.8 Å². The van der Waals surface area contributed by atoms with E-state index in [0.29, 0.717) is 23.9 Å². The van der Waals surface area contributed by atoms with E-state index in [1.54, 1.807) is 25.1 Å². The minimum absolute atomic E-state index is 0.474. The van der Waals surface area contributed by atoms with E-state index in [4.69, 9.17) is 9.47 Å². The molecular formula is C16H17N5O2. The predicted molar refractivity (Wildman–Crippen MR) is 84.4 cm³/mol. The highest BCUT2D eigenvalue weighted by atomic mass is 16.5. The number of hydrogen-bond donors (Lipinski definition) is 0. The molecule has 0 saturated heterocycles. The number of benzene rings is 1. The van der Waals surface area contributed by atoms with E-state index >= 15 is 0 Å². The van der Waals surface area contributed by atoms with E-state index in [1.807, 2.05) is 37.4 Å². The van der Waals surface area contributed by atoms with Crippen molar-refractivity contribution in [2.75, 3.05) is 14.2 Å². The molecule has 2 heterocycles. The lowest BCUT2D eigenvalue weighted by Crippen LogP contribution is -2.05. The van der Waals surface area contributed by atoms with Crippen LogP contribution in [0.5, 0.6) is 11.5 Å². The third-order valence-electron chi connectivity index (χ3n) is 3.37. The maximum Gasteiger partial charge on any atom is 0.161 e. The highest BCUT2D eigenvalue weighted by Gasteiger charge is 2.10. The van der Waals surface area contributed by atoms with Crippen LogP contribution >= 0.6 is 0 Å². The second kappa shape index (κ2) is 6.43. The molecule has 1 aromatic carbocycles. The number of aromatic nitrogens is 5. The van der Waals surface area contributed by atoms with Crippen LogP contribution < -0.4 is 9.47 Å². The van der Waals surface area contributed by atoms with E-state index in [0.717, 1.165) is 17.0 Å². The number of ether oxygens (including phenoxy) is 2. The zero-order chi connectivity index (χ0) is 16.2. The van der Waals surface area contributed by atoms with Crippen LogP contribution in [-0.4, -0.2) is 39.2 Å². The van der Waals surface area contributed by atoms with Gasteiger partial charge >= 0.3 is 0 Å². The van der Waals surface area contributed by atoms with E-state index in [-0.39, 0.29) is 0 Å². The second-order valence-corrected chi connectivity index (χ2v) is 4.99. The summed E-state index contributed by atoms with van der Waals surface area (Å²) in [5.41, 5.74) is 2.58. The standard InChI is InChI=1S/C16H17N5O2/c1-11-6-7-17-16(18-11)10-21-9-13(19-20-21)12-4-5-14(22-2)15(8-12)23-3/h4-9H,10H2,1-3H3. The number of hydrogen-bond acceptors (Lipinski definition) is 6. The van der Waals surface area contributed by atoms with Crippen molar-refractivity contribution in [1.29, 1.82) is 0 Å². The van der Waals surface area contributed by atoms with Gasteiger partial charge in [0.25, 0.3) is 0 Å². The zero-order valence-electron chi connectivity index (χ0n) is 13.2. The fraction of sp³-hybridized carbons (Fsp3) is 0.250. The largest absolute Gasteiger partial charge is 0.493 e. The molecule has 0 aliphatic carbocycles. The molecule has 118 valence electrons. The van der Waals surface area contributed by atoms with E-state index in [2.05, 4.69) is 20.3 Å². The van der Waals surface area contributed by atoms with Crippen molar-refractivity contribution >= 4 is 0 Å². The van der Waals surface area contributed by atoms with Crippen LogP contribution in [0.1, 0.15) is 11.5 Å². The predicted octanol–water partition coefficient (Wildman–Crippen LogP) is 2.11. The third-order valence-corrected chi connectivity index (χ3v) is 3.37. The van der Waals surface area contributed by atoms with Crippen LogP contribution in [0.3, 0.4) is 0 Å². The molecule has 0 bridgehead atoms. The highest BCUT2D eigenvalue weighted by Crippen LogP contribution is 2.31. The Bertz CT molecular complexity index is 816. The van der Waals surface area contributed by atoms with Gasteiger partial charge in [0.2, 0.25) is 0 Å². The van der Waals surface area contributed by atoms with Crippen molar-refractivity contribution in [1.82, 2.24) is 25.0 Å². The number of rotatable bonds is 5. The van der Waals surface area contributed by atoms with Gasteiger partial charge in [0.1, 0.15) is 18.1 Å². The van der Waals surface area contributed by atoms with Gasteiger partial charge in [-0.05, 0) is 31.2 Å². The van der Waals surface area contributed by atoms with Crippen molar-refractivity contribution in [3.05, 3.63) is 48.2 Å². The van der Waals surface area contributed by atoms with E-state index in [1.165, 1.54) is 0 Å². The van der Waals surface area contributed by atoms with Crippen LogP contribution in [0.2, 0.25) is 0 Å². The summed E-state index contributed by atoms with van der Waals surface area (Å²) in [5.74, 6) is 2.03. The molecule has 0 fully saturated rings. The molecule has 7 nitrogen and oxygen atoms in total. The van der Waals surface area contributed by atoms with Crippen LogP contribution in [0.15, 0.2) is 36.7 Å². The molecule has 0 saturated carbocycles. The lowest BCUT2D eigenvalue weighted by atomic mass is 10.1. The normalized spacial score (nSPS) is 10.6. The Labute approximate surface area is 133 Å². The van der Waals surface area contributed by atoms with Crippen LogP contribution in [0, 0.1) is 6.92 Å². The average Bonchev–Trinajstić information content (AvgIpc) is 3.02. The Kier molecular flexibility index (Phi) is 4.18. The first-order chi connectivity index (χ1) is 11.2. The second-order valence-electron chi connectivity index (χ2n) is 4.99. The SMILES string of the molecule is COc1ccc(-c2cn(Cc3nccc(C)n3)nn2)cc1OC. The Balaban J connectivity index is 1.84. The summed E-state index contributed by atoms with van der Waals surface area (Å²) in [6, 6.07) is 7.49. The molecule has 0 N–H and O–H groups in total. The molecular weight excluding hydrogens is 294 g/mol. The first-order valence-corrected chi connectivity index (χ1v) is 7.10. The molecule has 0 aliphatic rings. The third kappa shape index (κ3) is 3.28. The summed E-state index contributed by atoms with van der Waals surface area (Å²) in [6.07, 6.45) is 3.59. The first-order valence-electron chi connectivity index (χ1n) is 7.10. The Morgan fingerprint density at radius 2 is 1.91 bits per heavy atom. The number of nitrogens with zero attached hydrogens (tertiary/aromatic N) is 5. The molecule has 3 rings (SSSR count). The lowest BCUT2D eigenvalue weighted by molar-refractivity contribution is 0.355. The molecule has 0 amide bonds. The van der Waals surface area contributed by atoms with Gasteiger partial charge < -0.3 is 9.47 Å². The number of methoxy groups -OCH3 is 2. The number of aryl methyl sites for hydroxylation is 1. The molecule has 7 heteroatoms. The smallest absolute Gasteiger partial charge is 0.161 e. The lowest BCUT2D eigenvalue weighted by Gasteiger charge is -2.07. The van der Waals surface area contributed by atoms with Crippen LogP contribution in [0.25, 0.3) is 11.3 Å². The van der Waals surface area contributed by atoms with Crippen molar-refractivity contribution in [3.63, 3.8) is 0 Å². The van der Waals surface area contributed by atoms with Gasteiger partial charge in [-0.1, -0.05) is 5.21 Å². The van der Waals surface area contributed by atoms with Crippen molar-refractivity contribution in [2.24, 2.45) is 0 Å². The molecule has 0 atom stereocenters. The summed E-state index contributed by atoms with van der Waals surface area (Å²) in [7, 11) is 3.21. The van der Waals surface area contributed by atoms with Gasteiger partial charge in [-0.2, -0.15) is 0 Å². The minimum atomic E-state index is 0.474. The molecule has 0 spiro atoms. The maximum absolute atomic E-state index is 5.31. The van der Waals surface area contributed by atoms with E-state index in [9.17, 15) is 0 Å². The Hall–Kier alpha value is -2.96. The Morgan fingerprint density at radius 1 is 1.09 bits per heavy atom. The maximum atomic E-state index is 5.31. The summed E-state index contributed by atoms with van der Waals surface area (Å²) >= 11 is 0. The van der Waals surface area contributed by atoms with Gasteiger partial charge in [-0.25, -0.2) is 14.6 Å². The molecule has 0 aliphatic heterocycles. The summed E-state index contributed by atoms with van der Waals surface area (Å²) in [6.45, 7) is 2.41. The van der Waals surface area contributed by atoms with Crippen molar-refractivity contribution in [2.45, 2.75) is 13.5 Å². The van der Waals surface area contributed by atoms with Gasteiger partial charge in [0.05, 0.1) is 20.4 Å². The monoisotopic (exact) mass is 311 g/mol. The van der Waals surface area contributed by atoms with Gasteiger partial charge in [-0.3, -0.25) is 0 Å². The summed E-state index contributed by atoms with van der Waals surface area (Å²) in [4.78, 5) is 8.59. The van der Waals surface area contributed by atoms with Gasteiger partial charge in [0, 0.05) is 17.5 Å². The minimum Gasteiger partial charge on any atom is -0.493 e. The molecule has 0 radical (unpaired) electrons. The highest BCUT2D eigenvalue weighted by molar-refractivity contribution is 5.63. The van der Waals surface area contributed by atoms with Gasteiger partial charge in [0.15, 0.2) is 11.5 Å². The average molecular weight is 311 g/mol. The van der Waals surface area contributed by atoms with Crippen LogP contribution in [0.4, 0.5) is 0 Å². The zero-order valence-corrected chi connectivity index (χ0v) is 13.2. The first kappa shape index (κ1) is 15.0. The molecule has 0 unspecified atom stereocenters. The Morgan fingerprint density at radius 3 is 2.65 bits per heavy atom. The topological polar surface area (TPSA) is 75.0 Å². The fourth-order valence-corrected chi connectivity index (χ4v) is 2.23. The molecule has 23 heavy (non-hydrogen) atoms. The quantitative estimate of drug-likeness (QED) is 0.718. The van der Waals surface area contributed by atoms with E-state index < -0.39 is 0 Å². The molecule has 3 aromatic rings. The fourth-order valence-electron chi connectivity index (χ4n) is 2.23.